The number of nitrogens with one attached hydrogen (secondary N) is 1. The first kappa shape index (κ1) is 13.5. The molecule has 0 radical (unpaired) electrons. The summed E-state index contributed by atoms with van der Waals surface area (Å²) in [5, 5.41) is 1.82. The molecule has 8 heteroatoms. The molecule has 0 aliphatic carbocycles. The lowest BCUT2D eigenvalue weighted by atomic mass is 10.3. The predicted molar refractivity (Wildman–Crippen MR) is 58.4 cm³/mol. The van der Waals surface area contributed by atoms with Crippen molar-refractivity contribution in [2.75, 3.05) is 31.8 Å². The van der Waals surface area contributed by atoms with Gasteiger partial charge in [-0.1, -0.05) is 0 Å². The van der Waals surface area contributed by atoms with Gasteiger partial charge in [0.2, 0.25) is 0 Å². The minimum atomic E-state index is -3.14. The maximum atomic E-state index is 11.2. The molecule has 1 aliphatic heterocycles. The molecule has 0 saturated carbocycles. The molecule has 2 atom stereocenters. The normalized spacial score (nSPS) is 27.6. The molecule has 1 aliphatic rings. The Kier molecular flexibility index (Phi) is 4.82. The first-order chi connectivity index (χ1) is 7.44. The third-order valence-corrected chi connectivity index (χ3v) is 4.48. The summed E-state index contributed by atoms with van der Waals surface area (Å²) < 4.78 is 31.8. The number of hydrogen-bond donors (Lipinski definition) is 1. The smallest absolute Gasteiger partial charge is 0.407 e. The number of amides is 1. The van der Waals surface area contributed by atoms with Crippen LogP contribution in [0.3, 0.4) is 0 Å². The van der Waals surface area contributed by atoms with Gasteiger partial charge < -0.3 is 14.8 Å². The van der Waals surface area contributed by atoms with E-state index in [4.69, 9.17) is 16.3 Å². The molecule has 1 N–H and O–H groups in total. The number of alkyl halides is 1. The Morgan fingerprint density at radius 2 is 2.12 bits per heavy atom. The monoisotopic (exact) mass is 271 g/mol. The molecule has 0 spiro atoms. The number of sulfone groups is 1. The second-order valence-electron chi connectivity index (χ2n) is 3.47. The second kappa shape index (κ2) is 5.70. The van der Waals surface area contributed by atoms with Crippen LogP contribution < -0.4 is 5.32 Å². The number of methoxy groups -OCH3 is 1. The van der Waals surface area contributed by atoms with Crippen molar-refractivity contribution in [2.45, 2.75) is 11.4 Å². The summed E-state index contributed by atoms with van der Waals surface area (Å²) in [7, 11) is -1.66. The zero-order valence-electron chi connectivity index (χ0n) is 8.81. The van der Waals surface area contributed by atoms with Crippen molar-refractivity contribution in [3.05, 3.63) is 0 Å². The summed E-state index contributed by atoms with van der Waals surface area (Å²) in [5.74, 6) is -0.252. The van der Waals surface area contributed by atoms with E-state index in [9.17, 15) is 13.2 Å². The van der Waals surface area contributed by atoms with Gasteiger partial charge in [0.15, 0.2) is 9.84 Å². The van der Waals surface area contributed by atoms with Gasteiger partial charge in [0, 0.05) is 7.11 Å². The van der Waals surface area contributed by atoms with Crippen LogP contribution in [-0.4, -0.2) is 57.8 Å². The summed E-state index contributed by atoms with van der Waals surface area (Å²) in [4.78, 5) is 11.2. The van der Waals surface area contributed by atoms with Crippen LogP contribution in [0.15, 0.2) is 0 Å². The minimum Gasteiger partial charge on any atom is -0.447 e. The van der Waals surface area contributed by atoms with Gasteiger partial charge in [-0.25, -0.2) is 13.2 Å². The van der Waals surface area contributed by atoms with Crippen LogP contribution in [-0.2, 0) is 19.3 Å². The van der Waals surface area contributed by atoms with Crippen LogP contribution in [0.25, 0.3) is 0 Å². The number of ether oxygens (including phenoxy) is 2. The highest BCUT2D eigenvalue weighted by Crippen LogP contribution is 2.17. The van der Waals surface area contributed by atoms with Crippen LogP contribution in [0.4, 0.5) is 4.79 Å². The number of hydrogen-bond acceptors (Lipinski definition) is 5. The predicted octanol–water partition coefficient (Wildman–Crippen LogP) is -0.237. The lowest BCUT2D eigenvalue weighted by Crippen LogP contribution is -2.41. The van der Waals surface area contributed by atoms with Crippen molar-refractivity contribution in [1.82, 2.24) is 5.32 Å². The Morgan fingerprint density at radius 1 is 1.44 bits per heavy atom. The van der Waals surface area contributed by atoms with E-state index in [1.807, 2.05) is 0 Å². The third kappa shape index (κ3) is 4.15. The quantitative estimate of drug-likeness (QED) is 0.564. The molecule has 1 rings (SSSR count). The van der Waals surface area contributed by atoms with Gasteiger partial charge in [-0.3, -0.25) is 0 Å². The van der Waals surface area contributed by atoms with Crippen LogP contribution in [0, 0.1) is 0 Å². The highest BCUT2D eigenvalue weighted by atomic mass is 35.5. The third-order valence-electron chi connectivity index (χ3n) is 2.11. The van der Waals surface area contributed by atoms with Crippen LogP contribution in [0.1, 0.15) is 0 Å². The fourth-order valence-electron chi connectivity index (χ4n) is 1.35. The summed E-state index contributed by atoms with van der Waals surface area (Å²) in [6.07, 6.45) is -0.676. The molecule has 0 bridgehead atoms. The molecule has 94 valence electrons. The average Bonchev–Trinajstić information content (AvgIpc) is 2.40. The van der Waals surface area contributed by atoms with Gasteiger partial charge in [-0.15, -0.1) is 11.6 Å². The fraction of sp³-hybridized carbons (Fsp3) is 0.875. The Hall–Kier alpha value is -0.530. The Balaban J connectivity index is 2.35. The van der Waals surface area contributed by atoms with E-state index in [0.717, 1.165) is 0 Å². The van der Waals surface area contributed by atoms with Crippen LogP contribution in [0.5, 0.6) is 0 Å². The van der Waals surface area contributed by atoms with Gasteiger partial charge in [-0.2, -0.15) is 0 Å². The molecule has 6 nitrogen and oxygen atoms in total. The molecular weight excluding hydrogens is 258 g/mol. The van der Waals surface area contributed by atoms with E-state index in [0.29, 0.717) is 6.61 Å². The number of rotatable bonds is 4. The summed E-state index contributed by atoms with van der Waals surface area (Å²) >= 11 is 5.79. The fourth-order valence-corrected chi connectivity index (χ4v) is 3.90. The van der Waals surface area contributed by atoms with Crippen molar-refractivity contribution in [2.24, 2.45) is 0 Å². The Morgan fingerprint density at radius 3 is 2.62 bits per heavy atom. The molecule has 16 heavy (non-hydrogen) atoms. The number of alkyl carbamates (subject to hydrolysis) is 1. The van der Waals surface area contributed by atoms with E-state index in [2.05, 4.69) is 10.1 Å². The van der Waals surface area contributed by atoms with Crippen molar-refractivity contribution in [3.8, 4) is 0 Å². The first-order valence-electron chi connectivity index (χ1n) is 4.71. The minimum absolute atomic E-state index is 0.114. The summed E-state index contributed by atoms with van der Waals surface area (Å²) in [5.41, 5.74) is 0. The largest absolute Gasteiger partial charge is 0.447 e. The zero-order valence-corrected chi connectivity index (χ0v) is 10.4. The van der Waals surface area contributed by atoms with Crippen molar-refractivity contribution < 1.29 is 22.7 Å². The van der Waals surface area contributed by atoms with Crippen LogP contribution >= 0.6 is 11.6 Å². The lowest BCUT2D eigenvalue weighted by molar-refractivity contribution is 0.0970. The average molecular weight is 272 g/mol. The van der Waals surface area contributed by atoms with E-state index >= 15 is 0 Å². The maximum absolute atomic E-state index is 11.2. The topological polar surface area (TPSA) is 81.7 Å². The van der Waals surface area contributed by atoms with Gasteiger partial charge in [0.25, 0.3) is 0 Å². The first-order valence-corrected chi connectivity index (χ1v) is 6.97. The van der Waals surface area contributed by atoms with Gasteiger partial charge in [-0.05, 0) is 0 Å². The van der Waals surface area contributed by atoms with E-state index in [1.54, 1.807) is 0 Å². The summed E-state index contributed by atoms with van der Waals surface area (Å²) in [6.45, 7) is 0.412. The Bertz CT molecular complexity index is 344. The zero-order chi connectivity index (χ0) is 12.2. The number of carbonyl (C=O) groups excluding carboxylic acids is 1. The lowest BCUT2D eigenvalue weighted by Gasteiger charge is -2.13. The number of carbonyl (C=O) groups is 1. The van der Waals surface area contributed by atoms with Crippen molar-refractivity contribution >= 4 is 27.5 Å². The maximum Gasteiger partial charge on any atom is 0.407 e. The molecule has 1 saturated heterocycles. The summed E-state index contributed by atoms with van der Waals surface area (Å²) in [6, 6.07) is -0.582. The van der Waals surface area contributed by atoms with Crippen molar-refractivity contribution in [3.63, 3.8) is 0 Å². The van der Waals surface area contributed by atoms with E-state index < -0.39 is 27.3 Å². The molecule has 1 amide bonds. The number of halogens is 1. The molecule has 1 heterocycles. The molecule has 1 fully saturated rings. The molecule has 0 aromatic heterocycles. The SMILES string of the molecule is COCCOC(=O)NC1CS(=O)(=O)CC1Cl. The van der Waals surface area contributed by atoms with E-state index in [-0.39, 0.29) is 18.1 Å². The molecular formula is C8H14ClNO5S. The molecule has 2 unspecified atom stereocenters. The van der Waals surface area contributed by atoms with Crippen LogP contribution in [0.2, 0.25) is 0 Å². The van der Waals surface area contributed by atoms with Gasteiger partial charge in [0.05, 0.1) is 29.5 Å². The highest BCUT2D eigenvalue weighted by Gasteiger charge is 2.37. The van der Waals surface area contributed by atoms with Crippen molar-refractivity contribution in [1.29, 1.82) is 0 Å². The standard InChI is InChI=1S/C8H14ClNO5S/c1-14-2-3-15-8(11)10-7-5-16(12,13)4-6(7)9/h6-7H,2-5H2,1H3,(H,10,11). The molecule has 0 aromatic carbocycles. The Labute approximate surface area is 99.2 Å². The highest BCUT2D eigenvalue weighted by molar-refractivity contribution is 7.91. The van der Waals surface area contributed by atoms with E-state index in [1.165, 1.54) is 7.11 Å². The second-order valence-corrected chi connectivity index (χ2v) is 6.19. The molecule has 0 aromatic rings. The van der Waals surface area contributed by atoms with Gasteiger partial charge >= 0.3 is 6.09 Å². The van der Waals surface area contributed by atoms with Gasteiger partial charge in [0.1, 0.15) is 6.61 Å².